The Kier molecular flexibility index (Phi) is 3.95. The summed E-state index contributed by atoms with van der Waals surface area (Å²) >= 11 is 0. The van der Waals surface area contributed by atoms with Crippen LogP contribution < -0.4 is 15.8 Å². The van der Waals surface area contributed by atoms with E-state index in [9.17, 15) is 9.59 Å². The molecule has 1 fully saturated rings. The quantitative estimate of drug-likeness (QED) is 0.717. The number of benzene rings is 1. The Morgan fingerprint density at radius 2 is 2.31 bits per heavy atom. The predicted molar refractivity (Wildman–Crippen MR) is 94.8 cm³/mol. The fourth-order valence-corrected chi connectivity index (χ4v) is 3.56. The van der Waals surface area contributed by atoms with Gasteiger partial charge in [0, 0.05) is 11.8 Å². The average Bonchev–Trinajstić information content (AvgIpc) is 3.25. The summed E-state index contributed by atoms with van der Waals surface area (Å²) in [5, 5.41) is 11.7. The lowest BCUT2D eigenvalue weighted by atomic mass is 9.98. The molecule has 0 spiro atoms. The van der Waals surface area contributed by atoms with Crippen molar-refractivity contribution in [1.29, 1.82) is 0 Å². The second-order valence-corrected chi connectivity index (χ2v) is 6.50. The molecule has 4 rings (SSSR count). The van der Waals surface area contributed by atoms with Gasteiger partial charge in [0.25, 0.3) is 5.91 Å². The number of rotatable bonds is 5. The number of aromatic nitrogens is 3. The van der Waals surface area contributed by atoms with Gasteiger partial charge in [-0.25, -0.2) is 0 Å². The van der Waals surface area contributed by atoms with E-state index in [-0.39, 0.29) is 17.9 Å². The molecule has 2 unspecified atom stereocenters. The fraction of sp³-hybridized carbons (Fsp3) is 0.333. The molecule has 2 atom stereocenters. The molecule has 8 heteroatoms. The standard InChI is InChI=1S/C18H19N5O3/c1-2-10-7-15(24)21-13(10)8-26-14-5-3-4-11-6-12(17(19)25)18-22-20-9-23(18)16(11)14/h3-6,9-10,13H,2,7-8H2,1H3,(H2,19,25)(H,21,24). The highest BCUT2D eigenvalue weighted by molar-refractivity contribution is 6.03. The molecule has 1 aliphatic heterocycles. The van der Waals surface area contributed by atoms with Crippen molar-refractivity contribution in [2.75, 3.05) is 6.61 Å². The minimum absolute atomic E-state index is 0.0101. The molecular weight excluding hydrogens is 334 g/mol. The first-order chi connectivity index (χ1) is 12.6. The smallest absolute Gasteiger partial charge is 0.252 e. The van der Waals surface area contributed by atoms with Gasteiger partial charge < -0.3 is 15.8 Å². The van der Waals surface area contributed by atoms with Crippen LogP contribution in [0.1, 0.15) is 30.1 Å². The van der Waals surface area contributed by atoms with Gasteiger partial charge in [-0.2, -0.15) is 0 Å². The van der Waals surface area contributed by atoms with Crippen molar-refractivity contribution in [1.82, 2.24) is 19.9 Å². The molecule has 0 aliphatic carbocycles. The SMILES string of the molecule is CCC1CC(=O)NC1COc1cccc2cc(C(N)=O)c3nncn3c12. The number of fused-ring (bicyclic) bond motifs is 3. The highest BCUT2D eigenvalue weighted by Crippen LogP contribution is 2.29. The molecule has 0 radical (unpaired) electrons. The van der Waals surface area contributed by atoms with E-state index in [0.717, 1.165) is 17.3 Å². The van der Waals surface area contributed by atoms with Gasteiger partial charge in [0.05, 0.1) is 17.1 Å². The van der Waals surface area contributed by atoms with Crippen molar-refractivity contribution in [2.24, 2.45) is 11.7 Å². The number of nitrogens with zero attached hydrogens (tertiary/aromatic N) is 3. The fourth-order valence-electron chi connectivity index (χ4n) is 3.56. The van der Waals surface area contributed by atoms with E-state index in [0.29, 0.717) is 30.0 Å². The van der Waals surface area contributed by atoms with E-state index in [4.69, 9.17) is 10.5 Å². The van der Waals surface area contributed by atoms with Crippen molar-refractivity contribution in [3.05, 3.63) is 36.2 Å². The lowest BCUT2D eigenvalue weighted by Gasteiger charge is -2.19. The zero-order valence-corrected chi connectivity index (χ0v) is 14.3. The topological polar surface area (TPSA) is 112 Å². The molecule has 8 nitrogen and oxygen atoms in total. The summed E-state index contributed by atoms with van der Waals surface area (Å²) in [4.78, 5) is 23.4. The van der Waals surface area contributed by atoms with Crippen LogP contribution in [0.3, 0.4) is 0 Å². The summed E-state index contributed by atoms with van der Waals surface area (Å²) in [5.74, 6) is 0.416. The van der Waals surface area contributed by atoms with E-state index in [2.05, 4.69) is 22.4 Å². The Morgan fingerprint density at radius 3 is 3.08 bits per heavy atom. The number of hydrogen-bond donors (Lipinski definition) is 2. The molecule has 26 heavy (non-hydrogen) atoms. The first kappa shape index (κ1) is 16.3. The number of primary amides is 1. The van der Waals surface area contributed by atoms with Crippen molar-refractivity contribution in [3.8, 4) is 5.75 Å². The van der Waals surface area contributed by atoms with Crippen LogP contribution >= 0.6 is 0 Å². The molecule has 3 N–H and O–H groups in total. The van der Waals surface area contributed by atoms with E-state index in [1.165, 1.54) is 6.33 Å². The maximum absolute atomic E-state index is 11.7. The van der Waals surface area contributed by atoms with Crippen LogP contribution in [-0.2, 0) is 4.79 Å². The summed E-state index contributed by atoms with van der Waals surface area (Å²) in [5.41, 5.74) is 6.92. The van der Waals surface area contributed by atoms with Gasteiger partial charge >= 0.3 is 0 Å². The van der Waals surface area contributed by atoms with Gasteiger partial charge in [-0.3, -0.25) is 14.0 Å². The van der Waals surface area contributed by atoms with Crippen molar-refractivity contribution in [3.63, 3.8) is 0 Å². The van der Waals surface area contributed by atoms with Crippen LogP contribution in [0.4, 0.5) is 0 Å². The summed E-state index contributed by atoms with van der Waals surface area (Å²) in [7, 11) is 0. The summed E-state index contributed by atoms with van der Waals surface area (Å²) < 4.78 is 7.76. The zero-order valence-electron chi connectivity index (χ0n) is 14.3. The number of nitrogens with two attached hydrogens (primary N) is 1. The normalized spacial score (nSPS) is 19.8. The number of carbonyl (C=O) groups is 2. The largest absolute Gasteiger partial charge is 0.489 e. The molecule has 1 saturated heterocycles. The van der Waals surface area contributed by atoms with Gasteiger partial charge in [-0.05, 0) is 18.1 Å². The number of carbonyl (C=O) groups excluding carboxylic acids is 2. The molecule has 3 heterocycles. The van der Waals surface area contributed by atoms with Crippen LogP contribution in [-0.4, -0.2) is 39.1 Å². The second kappa shape index (κ2) is 6.29. The molecule has 0 saturated carbocycles. The molecule has 2 amide bonds. The Balaban J connectivity index is 1.73. The van der Waals surface area contributed by atoms with E-state index in [1.807, 2.05) is 18.2 Å². The second-order valence-electron chi connectivity index (χ2n) is 6.50. The highest BCUT2D eigenvalue weighted by Gasteiger charge is 2.31. The van der Waals surface area contributed by atoms with Gasteiger partial charge in [-0.15, -0.1) is 10.2 Å². The third-order valence-corrected chi connectivity index (χ3v) is 4.93. The minimum atomic E-state index is -0.560. The van der Waals surface area contributed by atoms with Crippen molar-refractivity contribution in [2.45, 2.75) is 25.8 Å². The van der Waals surface area contributed by atoms with Crippen LogP contribution in [0.25, 0.3) is 16.6 Å². The number of hydrogen-bond acceptors (Lipinski definition) is 5. The number of amides is 2. The Hall–Kier alpha value is -3.16. The molecule has 134 valence electrons. The zero-order chi connectivity index (χ0) is 18.3. The number of nitrogens with one attached hydrogen (secondary N) is 1. The van der Waals surface area contributed by atoms with Gasteiger partial charge in [0.1, 0.15) is 18.7 Å². The molecule has 1 aliphatic rings. The monoisotopic (exact) mass is 353 g/mol. The summed E-state index contributed by atoms with van der Waals surface area (Å²) in [6, 6.07) is 7.26. The van der Waals surface area contributed by atoms with E-state index >= 15 is 0 Å². The Bertz CT molecular complexity index is 1010. The number of ether oxygens (including phenoxy) is 1. The van der Waals surface area contributed by atoms with Crippen molar-refractivity contribution >= 4 is 28.4 Å². The number of pyridine rings is 1. The minimum Gasteiger partial charge on any atom is -0.489 e. The van der Waals surface area contributed by atoms with Gasteiger partial charge in [0.2, 0.25) is 5.91 Å². The van der Waals surface area contributed by atoms with Crippen LogP contribution in [0.2, 0.25) is 0 Å². The van der Waals surface area contributed by atoms with E-state index in [1.54, 1.807) is 10.5 Å². The van der Waals surface area contributed by atoms with Crippen LogP contribution in [0.5, 0.6) is 5.75 Å². The Morgan fingerprint density at radius 1 is 1.46 bits per heavy atom. The molecule has 2 aromatic heterocycles. The third kappa shape index (κ3) is 2.63. The maximum Gasteiger partial charge on any atom is 0.252 e. The van der Waals surface area contributed by atoms with Crippen molar-refractivity contribution < 1.29 is 14.3 Å². The molecule has 3 aromatic rings. The van der Waals surface area contributed by atoms with Gasteiger partial charge in [-0.1, -0.05) is 25.5 Å². The first-order valence-electron chi connectivity index (χ1n) is 8.56. The lowest BCUT2D eigenvalue weighted by molar-refractivity contribution is -0.119. The third-order valence-electron chi connectivity index (χ3n) is 4.93. The molecule has 1 aromatic carbocycles. The lowest BCUT2D eigenvalue weighted by Crippen LogP contribution is -2.34. The predicted octanol–water partition coefficient (Wildman–Crippen LogP) is 1.27. The first-order valence-corrected chi connectivity index (χ1v) is 8.56. The maximum atomic E-state index is 11.7. The van der Waals surface area contributed by atoms with Crippen LogP contribution in [0, 0.1) is 5.92 Å². The average molecular weight is 353 g/mol. The van der Waals surface area contributed by atoms with Gasteiger partial charge in [0.15, 0.2) is 5.65 Å². The summed E-state index contributed by atoms with van der Waals surface area (Å²) in [6.45, 7) is 2.45. The Labute approximate surface area is 149 Å². The molecule has 0 bridgehead atoms. The number of para-hydroxylation sites is 1. The highest BCUT2D eigenvalue weighted by atomic mass is 16.5. The van der Waals surface area contributed by atoms with E-state index < -0.39 is 5.91 Å². The van der Waals surface area contributed by atoms with Crippen LogP contribution in [0.15, 0.2) is 30.6 Å². The summed E-state index contributed by atoms with van der Waals surface area (Å²) in [6.07, 6.45) is 2.99. The molecular formula is C18H19N5O3.